The minimum atomic E-state index is -0.447. The van der Waals surface area contributed by atoms with E-state index in [0.29, 0.717) is 11.8 Å². The van der Waals surface area contributed by atoms with Crippen LogP contribution in [-0.4, -0.2) is 58.0 Å². The van der Waals surface area contributed by atoms with Crippen molar-refractivity contribution in [3.63, 3.8) is 0 Å². The van der Waals surface area contributed by atoms with E-state index in [1.165, 1.54) is 10.5 Å². The van der Waals surface area contributed by atoms with Gasteiger partial charge in [0.1, 0.15) is 0 Å². The van der Waals surface area contributed by atoms with Crippen molar-refractivity contribution in [2.75, 3.05) is 13.6 Å². The van der Waals surface area contributed by atoms with E-state index >= 15 is 0 Å². The van der Waals surface area contributed by atoms with Crippen LogP contribution in [0.5, 0.6) is 0 Å². The molecule has 128 valence electrons. The summed E-state index contributed by atoms with van der Waals surface area (Å²) >= 11 is 1.63. The van der Waals surface area contributed by atoms with Crippen molar-refractivity contribution in [2.45, 2.75) is 37.7 Å². The highest BCUT2D eigenvalue weighted by Crippen LogP contribution is 2.30. The summed E-state index contributed by atoms with van der Waals surface area (Å²) in [6.07, 6.45) is 0.385. The molecule has 0 aromatic heterocycles. The predicted octanol–water partition coefficient (Wildman–Crippen LogP) is 1.92. The number of fused-ring (bicyclic) bond motifs is 1. The van der Waals surface area contributed by atoms with Crippen molar-refractivity contribution < 1.29 is 9.59 Å². The number of amides is 3. The van der Waals surface area contributed by atoms with E-state index in [-0.39, 0.29) is 11.9 Å². The smallest absolute Gasteiger partial charge is 0.325 e. The molecule has 1 fully saturated rings. The van der Waals surface area contributed by atoms with Crippen molar-refractivity contribution in [3.8, 4) is 0 Å². The fourth-order valence-electron chi connectivity index (χ4n) is 2.94. The van der Waals surface area contributed by atoms with Crippen LogP contribution in [0.3, 0.4) is 0 Å². The number of nitrogens with one attached hydrogen (secondary N) is 1. The molecule has 2 aliphatic heterocycles. The molecule has 3 rings (SSSR count). The van der Waals surface area contributed by atoms with E-state index in [9.17, 15) is 9.59 Å². The second kappa shape index (κ2) is 6.84. The third-order valence-corrected chi connectivity index (χ3v) is 5.17. The van der Waals surface area contributed by atoms with E-state index in [2.05, 4.69) is 36.3 Å². The maximum atomic E-state index is 12.4. The Morgan fingerprint density at radius 2 is 1.96 bits per heavy atom. The van der Waals surface area contributed by atoms with Gasteiger partial charge in [0.2, 0.25) is 0 Å². The van der Waals surface area contributed by atoms with Crippen LogP contribution in [0.2, 0.25) is 0 Å². The lowest BCUT2D eigenvalue weighted by atomic mass is 10.1. The van der Waals surface area contributed by atoms with Crippen molar-refractivity contribution in [2.24, 2.45) is 4.99 Å². The van der Waals surface area contributed by atoms with Crippen LogP contribution in [0.4, 0.5) is 4.79 Å². The monoisotopic (exact) mass is 346 g/mol. The van der Waals surface area contributed by atoms with Gasteiger partial charge < -0.3 is 9.80 Å². The quantitative estimate of drug-likeness (QED) is 0.905. The first-order valence-corrected chi connectivity index (χ1v) is 8.98. The van der Waals surface area contributed by atoms with Gasteiger partial charge >= 0.3 is 6.03 Å². The Bertz CT molecular complexity index is 662. The summed E-state index contributed by atoms with van der Waals surface area (Å²) in [4.78, 5) is 32.5. The summed E-state index contributed by atoms with van der Waals surface area (Å²) in [5, 5.41) is 3.62. The molecular weight excluding hydrogens is 324 g/mol. The zero-order chi connectivity index (χ0) is 17.3. The first-order valence-electron chi connectivity index (χ1n) is 8.10. The van der Waals surface area contributed by atoms with Crippen LogP contribution in [0, 0.1) is 0 Å². The van der Waals surface area contributed by atoms with Crippen LogP contribution in [-0.2, 0) is 11.2 Å². The number of aliphatic imine (C=N–C) groups is 1. The fraction of sp³-hybridized carbons (Fsp3) is 0.471. The lowest BCUT2D eigenvalue weighted by molar-refractivity contribution is -0.127. The van der Waals surface area contributed by atoms with Crippen LogP contribution >= 0.6 is 11.8 Å². The standard InChI is InChI=1S/C17H22N4O2S/c1-11(2)24-17-18-14-13(15(22)19-16(23)20(14)3)21(17)10-9-12-7-5-4-6-8-12/h4-8,11,13-14H,9-10H2,1-3H3,(H,19,22,23). The van der Waals surface area contributed by atoms with Crippen LogP contribution in [0.25, 0.3) is 0 Å². The van der Waals surface area contributed by atoms with Gasteiger partial charge in [0.15, 0.2) is 17.4 Å². The van der Waals surface area contributed by atoms with Gasteiger partial charge in [0.05, 0.1) is 0 Å². The number of hydrogen-bond acceptors (Lipinski definition) is 5. The van der Waals surface area contributed by atoms with Crippen molar-refractivity contribution in [3.05, 3.63) is 35.9 Å². The lowest BCUT2D eigenvalue weighted by Crippen LogP contribution is -2.63. The van der Waals surface area contributed by atoms with Crippen molar-refractivity contribution in [1.29, 1.82) is 0 Å². The molecule has 0 radical (unpaired) electrons. The Balaban J connectivity index is 1.82. The molecule has 1 N–H and O–H groups in total. The molecule has 1 aromatic carbocycles. The number of thioether (sulfide) groups is 1. The molecule has 2 heterocycles. The van der Waals surface area contributed by atoms with Crippen LogP contribution in [0.1, 0.15) is 19.4 Å². The molecule has 6 nitrogen and oxygen atoms in total. The number of nitrogens with zero attached hydrogens (tertiary/aromatic N) is 3. The topological polar surface area (TPSA) is 65.0 Å². The van der Waals surface area contributed by atoms with Crippen LogP contribution < -0.4 is 5.32 Å². The van der Waals surface area contributed by atoms with Gasteiger partial charge in [-0.3, -0.25) is 10.1 Å². The SMILES string of the molecule is CC(C)SC1=NC2C(C(=O)NC(=O)N2C)N1CCc1ccccc1. The minimum absolute atomic E-state index is 0.265. The molecular formula is C17H22N4O2S. The number of likely N-dealkylation sites (N-methyl/N-ethyl adjacent to an activating group) is 1. The number of benzene rings is 1. The van der Waals surface area contributed by atoms with Gasteiger partial charge in [-0.15, -0.1) is 0 Å². The molecule has 0 aliphatic carbocycles. The lowest BCUT2D eigenvalue weighted by Gasteiger charge is -2.36. The number of carbonyl (C=O) groups is 2. The number of carbonyl (C=O) groups excluding carboxylic acids is 2. The third kappa shape index (κ3) is 3.26. The first-order chi connectivity index (χ1) is 11.5. The van der Waals surface area contributed by atoms with E-state index < -0.39 is 12.2 Å². The minimum Gasteiger partial charge on any atom is -0.335 e. The molecule has 1 aromatic rings. The molecule has 0 bridgehead atoms. The highest BCUT2D eigenvalue weighted by atomic mass is 32.2. The summed E-state index contributed by atoms with van der Waals surface area (Å²) in [6, 6.07) is 9.35. The van der Waals surface area contributed by atoms with Gasteiger partial charge in [-0.2, -0.15) is 0 Å². The number of urea groups is 1. The Morgan fingerprint density at radius 1 is 1.25 bits per heavy atom. The molecule has 2 atom stereocenters. The predicted molar refractivity (Wildman–Crippen MR) is 95.9 cm³/mol. The van der Waals surface area contributed by atoms with Gasteiger partial charge in [0.25, 0.3) is 5.91 Å². The van der Waals surface area contributed by atoms with E-state index in [4.69, 9.17) is 0 Å². The average Bonchev–Trinajstić information content (AvgIpc) is 2.90. The number of rotatable bonds is 4. The molecule has 3 amide bonds. The summed E-state index contributed by atoms with van der Waals surface area (Å²) in [7, 11) is 1.68. The second-order valence-electron chi connectivity index (χ2n) is 6.27. The molecule has 2 unspecified atom stereocenters. The summed E-state index contributed by atoms with van der Waals surface area (Å²) in [6.45, 7) is 4.89. The van der Waals surface area contributed by atoms with Gasteiger partial charge in [0, 0.05) is 18.8 Å². The van der Waals surface area contributed by atoms with Gasteiger partial charge in [-0.25, -0.2) is 9.79 Å². The molecule has 1 saturated heterocycles. The molecule has 7 heteroatoms. The molecule has 24 heavy (non-hydrogen) atoms. The van der Waals surface area contributed by atoms with Gasteiger partial charge in [-0.05, 0) is 12.0 Å². The summed E-state index contributed by atoms with van der Waals surface area (Å²) in [5.41, 5.74) is 1.22. The second-order valence-corrected chi connectivity index (χ2v) is 7.81. The van der Waals surface area contributed by atoms with E-state index in [1.54, 1.807) is 18.8 Å². The Kier molecular flexibility index (Phi) is 4.80. The summed E-state index contributed by atoms with van der Waals surface area (Å²) < 4.78 is 0. The molecule has 0 saturated carbocycles. The van der Waals surface area contributed by atoms with E-state index in [1.807, 2.05) is 23.1 Å². The Hall–Kier alpha value is -2.02. The zero-order valence-corrected chi connectivity index (χ0v) is 14.9. The van der Waals surface area contributed by atoms with Crippen LogP contribution in [0.15, 0.2) is 35.3 Å². The summed E-state index contributed by atoms with van der Waals surface area (Å²) in [5.74, 6) is -0.265. The normalized spacial score (nSPS) is 23.4. The number of hydrogen-bond donors (Lipinski definition) is 1. The van der Waals surface area contributed by atoms with E-state index in [0.717, 1.165) is 11.6 Å². The maximum absolute atomic E-state index is 12.4. The first kappa shape index (κ1) is 16.8. The average molecular weight is 346 g/mol. The zero-order valence-electron chi connectivity index (χ0n) is 14.1. The van der Waals surface area contributed by atoms with Crippen molar-refractivity contribution in [1.82, 2.24) is 15.1 Å². The Morgan fingerprint density at radius 3 is 2.62 bits per heavy atom. The highest BCUT2D eigenvalue weighted by molar-refractivity contribution is 8.14. The van der Waals surface area contributed by atoms with Crippen molar-refractivity contribution >= 4 is 28.9 Å². The fourth-order valence-corrected chi connectivity index (χ4v) is 3.87. The highest BCUT2D eigenvalue weighted by Gasteiger charge is 2.48. The number of amidine groups is 1. The Labute approximate surface area is 146 Å². The molecule has 0 spiro atoms. The largest absolute Gasteiger partial charge is 0.335 e. The third-order valence-electron chi connectivity index (χ3n) is 4.15. The molecule has 2 aliphatic rings. The number of imide groups is 1. The maximum Gasteiger partial charge on any atom is 0.325 e. The van der Waals surface area contributed by atoms with Gasteiger partial charge in [-0.1, -0.05) is 55.9 Å².